The standard InChI is InChI=1S/C22H26ClF3N4O2/c1-3-14(4-2)21(32)29-11-9-16(10-12-29)28-20(31)18-13-27-30(19(18)22(24,25)26)17-7-5-15(23)6-8-17/h5-8,13-14,16H,3-4,9-12H2,1-2H3,(H,28,31). The number of hydrogen-bond acceptors (Lipinski definition) is 3. The lowest BCUT2D eigenvalue weighted by atomic mass is 9.98. The Morgan fingerprint density at radius 1 is 1.16 bits per heavy atom. The molecule has 2 aromatic rings. The Bertz CT molecular complexity index is 947. The van der Waals surface area contributed by atoms with E-state index in [0.717, 1.165) is 19.0 Å². The molecule has 0 unspecified atom stereocenters. The zero-order valence-corrected chi connectivity index (χ0v) is 18.7. The Morgan fingerprint density at radius 3 is 2.28 bits per heavy atom. The first-order chi connectivity index (χ1) is 15.2. The first-order valence-electron chi connectivity index (χ1n) is 10.7. The predicted molar refractivity (Wildman–Crippen MR) is 115 cm³/mol. The summed E-state index contributed by atoms with van der Waals surface area (Å²) >= 11 is 5.82. The van der Waals surface area contributed by atoms with Crippen LogP contribution in [-0.2, 0) is 11.0 Å². The van der Waals surface area contributed by atoms with Gasteiger partial charge in [0.05, 0.1) is 17.4 Å². The van der Waals surface area contributed by atoms with Gasteiger partial charge in [0, 0.05) is 30.1 Å². The fourth-order valence-electron chi connectivity index (χ4n) is 3.97. The zero-order chi connectivity index (χ0) is 23.5. The number of rotatable bonds is 6. The molecule has 1 aromatic carbocycles. The number of benzene rings is 1. The summed E-state index contributed by atoms with van der Waals surface area (Å²) in [5, 5.41) is 6.87. The van der Waals surface area contributed by atoms with E-state index in [-0.39, 0.29) is 23.6 Å². The van der Waals surface area contributed by atoms with Crippen molar-refractivity contribution in [3.8, 4) is 5.69 Å². The number of likely N-dealkylation sites (tertiary alicyclic amines) is 1. The largest absolute Gasteiger partial charge is 0.434 e. The zero-order valence-electron chi connectivity index (χ0n) is 18.0. The molecule has 1 aliphatic heterocycles. The minimum absolute atomic E-state index is 0.0193. The Kier molecular flexibility index (Phi) is 7.48. The van der Waals surface area contributed by atoms with Crippen molar-refractivity contribution in [2.75, 3.05) is 13.1 Å². The molecule has 174 valence electrons. The maximum atomic E-state index is 13.8. The van der Waals surface area contributed by atoms with Crippen LogP contribution in [0, 0.1) is 5.92 Å². The first-order valence-corrected chi connectivity index (χ1v) is 11.0. The van der Waals surface area contributed by atoms with Gasteiger partial charge in [-0.3, -0.25) is 9.59 Å². The Morgan fingerprint density at radius 2 is 1.75 bits per heavy atom. The van der Waals surface area contributed by atoms with Gasteiger partial charge in [-0.05, 0) is 49.9 Å². The van der Waals surface area contributed by atoms with Crippen LogP contribution in [-0.4, -0.2) is 45.6 Å². The van der Waals surface area contributed by atoms with Gasteiger partial charge in [-0.2, -0.15) is 18.3 Å². The summed E-state index contributed by atoms with van der Waals surface area (Å²) < 4.78 is 42.2. The number of amides is 2. The van der Waals surface area contributed by atoms with E-state index in [2.05, 4.69) is 10.4 Å². The van der Waals surface area contributed by atoms with Crippen molar-refractivity contribution < 1.29 is 22.8 Å². The molecule has 1 aromatic heterocycles. The summed E-state index contributed by atoms with van der Waals surface area (Å²) in [6, 6.07) is 5.40. The number of piperidine rings is 1. The number of carbonyl (C=O) groups excluding carboxylic acids is 2. The Hall–Kier alpha value is -2.55. The lowest BCUT2D eigenvalue weighted by Crippen LogP contribution is -2.48. The third-order valence-electron chi connectivity index (χ3n) is 5.83. The second-order valence-corrected chi connectivity index (χ2v) is 8.32. The van der Waals surface area contributed by atoms with Crippen molar-refractivity contribution in [2.45, 2.75) is 51.7 Å². The molecule has 1 fully saturated rings. The van der Waals surface area contributed by atoms with E-state index >= 15 is 0 Å². The minimum atomic E-state index is -4.78. The number of carbonyl (C=O) groups is 2. The van der Waals surface area contributed by atoms with Crippen LogP contribution in [0.1, 0.15) is 55.6 Å². The first kappa shape index (κ1) is 24.1. The summed E-state index contributed by atoms with van der Waals surface area (Å²) in [6.45, 7) is 4.88. The molecule has 0 bridgehead atoms. The summed E-state index contributed by atoms with van der Waals surface area (Å²) in [6.07, 6.45) is -1.34. The van der Waals surface area contributed by atoms with Crippen molar-refractivity contribution >= 4 is 23.4 Å². The van der Waals surface area contributed by atoms with E-state index < -0.39 is 23.3 Å². The predicted octanol–water partition coefficient (Wildman–Crippen LogP) is 4.70. The van der Waals surface area contributed by atoms with Gasteiger partial charge in [-0.15, -0.1) is 0 Å². The van der Waals surface area contributed by atoms with E-state index in [1.54, 1.807) is 4.90 Å². The molecule has 3 rings (SSSR count). The number of aromatic nitrogens is 2. The molecule has 0 spiro atoms. The summed E-state index contributed by atoms with van der Waals surface area (Å²) in [7, 11) is 0. The number of halogens is 4. The van der Waals surface area contributed by atoms with Crippen molar-refractivity contribution in [3.63, 3.8) is 0 Å². The van der Waals surface area contributed by atoms with Gasteiger partial charge < -0.3 is 10.2 Å². The van der Waals surface area contributed by atoms with Crippen LogP contribution in [0.5, 0.6) is 0 Å². The van der Waals surface area contributed by atoms with Gasteiger partial charge >= 0.3 is 6.18 Å². The quantitative estimate of drug-likeness (QED) is 0.665. The highest BCUT2D eigenvalue weighted by atomic mass is 35.5. The van der Waals surface area contributed by atoms with Crippen LogP contribution < -0.4 is 5.32 Å². The van der Waals surface area contributed by atoms with Crippen LogP contribution in [0.2, 0.25) is 5.02 Å². The normalized spacial score (nSPS) is 15.3. The molecule has 2 heterocycles. The van der Waals surface area contributed by atoms with Gasteiger partial charge in [0.15, 0.2) is 5.69 Å². The summed E-state index contributed by atoms with van der Waals surface area (Å²) in [5.41, 5.74) is -1.53. The van der Waals surface area contributed by atoms with E-state index in [4.69, 9.17) is 11.6 Å². The molecule has 1 saturated heterocycles. The molecule has 0 aliphatic carbocycles. The smallest absolute Gasteiger partial charge is 0.349 e. The van der Waals surface area contributed by atoms with Crippen LogP contribution in [0.3, 0.4) is 0 Å². The number of nitrogens with zero attached hydrogens (tertiary/aromatic N) is 3. The van der Waals surface area contributed by atoms with Gasteiger partial charge in [0.1, 0.15) is 0 Å². The maximum absolute atomic E-state index is 13.8. The SMILES string of the molecule is CCC(CC)C(=O)N1CCC(NC(=O)c2cnn(-c3ccc(Cl)cc3)c2C(F)(F)F)CC1. The second-order valence-electron chi connectivity index (χ2n) is 7.88. The van der Waals surface area contributed by atoms with Crippen molar-refractivity contribution in [2.24, 2.45) is 5.92 Å². The van der Waals surface area contributed by atoms with E-state index in [1.807, 2.05) is 13.8 Å². The molecule has 1 N–H and O–H groups in total. The Balaban J connectivity index is 1.72. The van der Waals surface area contributed by atoms with Crippen LogP contribution >= 0.6 is 11.6 Å². The third-order valence-corrected chi connectivity index (χ3v) is 6.08. The lowest BCUT2D eigenvalue weighted by Gasteiger charge is -2.34. The molecule has 0 radical (unpaired) electrons. The Labute approximate surface area is 189 Å². The molecular weight excluding hydrogens is 445 g/mol. The van der Waals surface area contributed by atoms with Gasteiger partial charge in [-0.1, -0.05) is 25.4 Å². The van der Waals surface area contributed by atoms with Crippen molar-refractivity contribution in [1.82, 2.24) is 20.0 Å². The molecule has 2 amide bonds. The van der Waals surface area contributed by atoms with Crippen LogP contribution in [0.4, 0.5) is 13.2 Å². The van der Waals surface area contributed by atoms with Crippen molar-refractivity contribution in [3.05, 3.63) is 46.7 Å². The van der Waals surface area contributed by atoms with E-state index in [1.165, 1.54) is 24.3 Å². The fourth-order valence-corrected chi connectivity index (χ4v) is 4.09. The van der Waals surface area contributed by atoms with Gasteiger partial charge in [-0.25, -0.2) is 4.68 Å². The minimum Gasteiger partial charge on any atom is -0.349 e. The van der Waals surface area contributed by atoms with Gasteiger partial charge in [0.25, 0.3) is 5.91 Å². The highest BCUT2D eigenvalue weighted by Crippen LogP contribution is 2.34. The summed E-state index contributed by atoms with van der Waals surface area (Å²) in [5.74, 6) is -0.750. The third kappa shape index (κ3) is 5.26. The highest BCUT2D eigenvalue weighted by molar-refractivity contribution is 6.30. The van der Waals surface area contributed by atoms with E-state index in [9.17, 15) is 22.8 Å². The fraction of sp³-hybridized carbons (Fsp3) is 0.500. The van der Waals surface area contributed by atoms with Crippen LogP contribution in [0.15, 0.2) is 30.5 Å². The molecule has 32 heavy (non-hydrogen) atoms. The van der Waals surface area contributed by atoms with Crippen LogP contribution in [0.25, 0.3) is 5.69 Å². The van der Waals surface area contributed by atoms with Crippen molar-refractivity contribution in [1.29, 1.82) is 0 Å². The molecule has 0 atom stereocenters. The maximum Gasteiger partial charge on any atom is 0.434 e. The number of hydrogen-bond donors (Lipinski definition) is 1. The molecule has 1 aliphatic rings. The number of alkyl halides is 3. The topological polar surface area (TPSA) is 67.2 Å². The van der Waals surface area contributed by atoms with E-state index in [0.29, 0.717) is 35.6 Å². The molecule has 10 heteroatoms. The molecule has 0 saturated carbocycles. The monoisotopic (exact) mass is 470 g/mol. The lowest BCUT2D eigenvalue weighted by molar-refractivity contribution is -0.143. The average Bonchev–Trinajstić information content (AvgIpc) is 3.21. The number of nitrogens with one attached hydrogen (secondary N) is 1. The highest BCUT2D eigenvalue weighted by Gasteiger charge is 2.41. The van der Waals surface area contributed by atoms with Gasteiger partial charge in [0.2, 0.25) is 5.91 Å². The molecule has 6 nitrogen and oxygen atoms in total. The molecular formula is C22H26ClF3N4O2. The second kappa shape index (κ2) is 9.94. The average molecular weight is 471 g/mol. The summed E-state index contributed by atoms with van der Waals surface area (Å²) in [4.78, 5) is 27.0.